The second-order valence-corrected chi connectivity index (χ2v) is 5.08. The fourth-order valence-corrected chi connectivity index (χ4v) is 2.09. The highest BCUT2D eigenvalue weighted by atomic mass is 35.5. The Morgan fingerprint density at radius 2 is 2.05 bits per heavy atom. The number of methoxy groups -OCH3 is 1. The summed E-state index contributed by atoms with van der Waals surface area (Å²) in [7, 11) is 4.99. The molecule has 20 heavy (non-hydrogen) atoms. The predicted molar refractivity (Wildman–Crippen MR) is 80.0 cm³/mol. The molecule has 1 saturated heterocycles. The lowest BCUT2D eigenvalue weighted by molar-refractivity contribution is -0.142. The molecular weight excluding hydrogens is 282 g/mol. The molecule has 0 bridgehead atoms. The molecule has 1 heterocycles. The molecule has 1 rings (SSSR count). The first-order chi connectivity index (χ1) is 9.06. The molecule has 1 fully saturated rings. The Morgan fingerprint density at radius 3 is 2.55 bits per heavy atom. The summed E-state index contributed by atoms with van der Waals surface area (Å²) in [6, 6.07) is 0. The zero-order chi connectivity index (χ0) is 14.3. The topological polar surface area (TPSA) is 61.9 Å². The van der Waals surface area contributed by atoms with E-state index in [1.54, 1.807) is 26.1 Å². The average Bonchev–Trinajstić information content (AvgIpc) is 2.43. The number of hydrogen-bond donors (Lipinski definition) is 1. The number of hydrogen-bond acceptors (Lipinski definition) is 4. The second kappa shape index (κ2) is 9.96. The fraction of sp³-hybridized carbons (Fsp3) is 0.846. The van der Waals surface area contributed by atoms with Crippen molar-refractivity contribution >= 4 is 24.2 Å². The van der Waals surface area contributed by atoms with Crippen LogP contribution in [0.5, 0.6) is 0 Å². The number of amides is 2. The van der Waals surface area contributed by atoms with Gasteiger partial charge in [-0.05, 0) is 19.4 Å². The maximum absolute atomic E-state index is 12.4. The number of carbonyl (C=O) groups excluding carboxylic acids is 2. The van der Waals surface area contributed by atoms with Crippen molar-refractivity contribution < 1.29 is 14.3 Å². The molecule has 1 aliphatic rings. The molecule has 6 nitrogen and oxygen atoms in total. The van der Waals surface area contributed by atoms with Gasteiger partial charge in [0.1, 0.15) is 0 Å². The van der Waals surface area contributed by atoms with Crippen LogP contribution >= 0.6 is 12.4 Å². The van der Waals surface area contributed by atoms with Crippen molar-refractivity contribution in [2.45, 2.75) is 12.8 Å². The van der Waals surface area contributed by atoms with Crippen LogP contribution in [0.2, 0.25) is 0 Å². The molecule has 1 N–H and O–H groups in total. The standard InChI is InChI=1S/C13H25N3O3.ClH/c1-15(2)12(17)10-16(7-8-19-3)13(18)11-5-4-6-14-9-11;/h11,14H,4-10H2,1-3H3;1H. The van der Waals surface area contributed by atoms with Gasteiger partial charge in [0.15, 0.2) is 0 Å². The van der Waals surface area contributed by atoms with Crippen LogP contribution in [0.25, 0.3) is 0 Å². The number of nitrogens with one attached hydrogen (secondary N) is 1. The first kappa shape index (κ1) is 19.1. The third-order valence-electron chi connectivity index (χ3n) is 3.35. The van der Waals surface area contributed by atoms with Gasteiger partial charge < -0.3 is 19.9 Å². The summed E-state index contributed by atoms with van der Waals surface area (Å²) in [4.78, 5) is 27.3. The van der Waals surface area contributed by atoms with Gasteiger partial charge in [0.05, 0.1) is 19.1 Å². The van der Waals surface area contributed by atoms with Gasteiger partial charge in [-0.1, -0.05) is 0 Å². The van der Waals surface area contributed by atoms with Gasteiger partial charge in [0.2, 0.25) is 11.8 Å². The molecule has 1 aliphatic heterocycles. The maximum atomic E-state index is 12.4. The molecule has 0 saturated carbocycles. The van der Waals surface area contributed by atoms with Crippen LogP contribution < -0.4 is 5.32 Å². The Hall–Kier alpha value is -0.850. The summed E-state index contributed by atoms with van der Waals surface area (Å²) in [5.74, 6) is -0.0201. The highest BCUT2D eigenvalue weighted by Crippen LogP contribution is 2.13. The van der Waals surface area contributed by atoms with Gasteiger partial charge in [0, 0.05) is 34.3 Å². The van der Waals surface area contributed by atoms with Crippen molar-refractivity contribution in [3.05, 3.63) is 0 Å². The molecule has 0 spiro atoms. The van der Waals surface area contributed by atoms with E-state index < -0.39 is 0 Å². The van der Waals surface area contributed by atoms with Crippen LogP contribution in [-0.2, 0) is 14.3 Å². The molecule has 0 aromatic heterocycles. The van der Waals surface area contributed by atoms with Gasteiger partial charge in [0.25, 0.3) is 0 Å². The van der Waals surface area contributed by atoms with E-state index in [1.165, 1.54) is 4.90 Å². The Morgan fingerprint density at radius 1 is 1.35 bits per heavy atom. The van der Waals surface area contributed by atoms with Crippen molar-refractivity contribution in [1.29, 1.82) is 0 Å². The second-order valence-electron chi connectivity index (χ2n) is 5.08. The van der Waals surface area contributed by atoms with Crippen molar-refractivity contribution in [3.8, 4) is 0 Å². The Bertz CT molecular complexity index is 307. The monoisotopic (exact) mass is 307 g/mol. The molecule has 7 heteroatoms. The molecule has 1 unspecified atom stereocenters. The van der Waals surface area contributed by atoms with E-state index >= 15 is 0 Å². The largest absolute Gasteiger partial charge is 0.383 e. The van der Waals surface area contributed by atoms with Crippen molar-refractivity contribution in [2.75, 3.05) is 54.0 Å². The summed E-state index contributed by atoms with van der Waals surface area (Å²) in [5, 5.41) is 3.23. The van der Waals surface area contributed by atoms with E-state index in [9.17, 15) is 9.59 Å². The van der Waals surface area contributed by atoms with Crippen LogP contribution in [0.4, 0.5) is 0 Å². The normalized spacial score (nSPS) is 18.1. The number of likely N-dealkylation sites (N-methyl/N-ethyl adjacent to an activating group) is 1. The highest BCUT2D eigenvalue weighted by molar-refractivity contribution is 5.86. The van der Waals surface area contributed by atoms with Gasteiger partial charge in [-0.15, -0.1) is 12.4 Å². The predicted octanol–water partition coefficient (Wildman–Crippen LogP) is -0.0290. The van der Waals surface area contributed by atoms with E-state index in [1.807, 2.05) is 0 Å². The Kier molecular flexibility index (Phi) is 9.54. The number of ether oxygens (including phenoxy) is 1. The molecule has 0 aromatic rings. The van der Waals surface area contributed by atoms with Gasteiger partial charge >= 0.3 is 0 Å². The van der Waals surface area contributed by atoms with Crippen LogP contribution in [0.1, 0.15) is 12.8 Å². The van der Waals surface area contributed by atoms with E-state index in [-0.39, 0.29) is 36.7 Å². The van der Waals surface area contributed by atoms with Gasteiger partial charge in [-0.3, -0.25) is 9.59 Å². The lowest BCUT2D eigenvalue weighted by Crippen LogP contribution is -2.47. The number of nitrogens with zero attached hydrogens (tertiary/aromatic N) is 2. The third kappa shape index (κ3) is 6.07. The lowest BCUT2D eigenvalue weighted by atomic mass is 9.98. The molecule has 2 amide bonds. The summed E-state index contributed by atoms with van der Waals surface area (Å²) in [6.07, 6.45) is 1.90. The Balaban J connectivity index is 0.00000361. The van der Waals surface area contributed by atoms with E-state index in [0.717, 1.165) is 19.4 Å². The highest BCUT2D eigenvalue weighted by Gasteiger charge is 2.27. The summed E-state index contributed by atoms with van der Waals surface area (Å²) < 4.78 is 5.02. The van der Waals surface area contributed by atoms with Crippen LogP contribution in [0.3, 0.4) is 0 Å². The van der Waals surface area contributed by atoms with Crippen molar-refractivity contribution in [1.82, 2.24) is 15.1 Å². The van der Waals surface area contributed by atoms with Crippen LogP contribution in [0, 0.1) is 5.92 Å². The number of halogens is 1. The molecule has 0 radical (unpaired) electrons. The Labute approximate surface area is 127 Å². The third-order valence-corrected chi connectivity index (χ3v) is 3.35. The average molecular weight is 308 g/mol. The lowest BCUT2D eigenvalue weighted by Gasteiger charge is -2.29. The zero-order valence-corrected chi connectivity index (χ0v) is 13.4. The molecule has 118 valence electrons. The van der Waals surface area contributed by atoms with E-state index in [4.69, 9.17) is 4.74 Å². The van der Waals surface area contributed by atoms with Crippen LogP contribution in [0.15, 0.2) is 0 Å². The maximum Gasteiger partial charge on any atom is 0.241 e. The van der Waals surface area contributed by atoms with Crippen molar-refractivity contribution in [3.63, 3.8) is 0 Å². The minimum absolute atomic E-state index is 0. The van der Waals surface area contributed by atoms with E-state index in [2.05, 4.69) is 5.32 Å². The van der Waals surface area contributed by atoms with Crippen molar-refractivity contribution in [2.24, 2.45) is 5.92 Å². The summed E-state index contributed by atoms with van der Waals surface area (Å²) >= 11 is 0. The molecular formula is C13H26ClN3O3. The first-order valence-corrected chi connectivity index (χ1v) is 6.75. The molecule has 0 aromatic carbocycles. The summed E-state index contributed by atoms with van der Waals surface area (Å²) in [5.41, 5.74) is 0. The minimum Gasteiger partial charge on any atom is -0.383 e. The summed E-state index contributed by atoms with van der Waals surface area (Å²) in [6.45, 7) is 2.72. The number of rotatable bonds is 6. The number of carbonyl (C=O) groups is 2. The van der Waals surface area contributed by atoms with Gasteiger partial charge in [-0.2, -0.15) is 0 Å². The quantitative estimate of drug-likeness (QED) is 0.749. The molecule has 0 aliphatic carbocycles. The van der Waals surface area contributed by atoms with Crippen LogP contribution in [-0.4, -0.2) is 75.6 Å². The van der Waals surface area contributed by atoms with E-state index in [0.29, 0.717) is 19.7 Å². The first-order valence-electron chi connectivity index (χ1n) is 6.75. The number of piperidine rings is 1. The SMILES string of the molecule is COCCN(CC(=O)N(C)C)C(=O)C1CCCNC1.Cl. The fourth-order valence-electron chi connectivity index (χ4n) is 2.09. The molecule has 1 atom stereocenters. The minimum atomic E-state index is -0.0618. The smallest absolute Gasteiger partial charge is 0.241 e. The zero-order valence-electron chi connectivity index (χ0n) is 12.6. The van der Waals surface area contributed by atoms with Gasteiger partial charge in [-0.25, -0.2) is 0 Å².